The molecule has 1 fully saturated rings. The van der Waals surface area contributed by atoms with Crippen LogP contribution in [-0.2, 0) is 4.79 Å². The monoisotopic (exact) mass is 351 g/mol. The Morgan fingerprint density at radius 1 is 0.680 bits per heavy atom. The first-order valence-electron chi connectivity index (χ1n) is 11.5. The van der Waals surface area contributed by atoms with Gasteiger partial charge in [0.05, 0.1) is 0 Å². The SMILES string of the molecule is CCCCCCCCCCCCCCCCC1(C(N)=O)CCCCC1. The number of nitrogens with two attached hydrogens (primary N) is 1. The minimum atomic E-state index is -0.143. The van der Waals surface area contributed by atoms with Crippen molar-refractivity contribution >= 4 is 5.91 Å². The molecule has 0 aromatic heterocycles. The molecule has 148 valence electrons. The standard InChI is InChI=1S/C23H45NO/c1-2-3-4-5-6-7-8-9-10-11-12-13-14-16-19-23(22(24)25)20-17-15-18-21-23/h2-21H2,1H3,(H2,24,25). The largest absolute Gasteiger partial charge is 0.369 e. The van der Waals surface area contributed by atoms with Crippen LogP contribution in [0.1, 0.15) is 135 Å². The van der Waals surface area contributed by atoms with Gasteiger partial charge in [0.1, 0.15) is 0 Å². The van der Waals surface area contributed by atoms with Gasteiger partial charge in [0, 0.05) is 5.41 Å². The van der Waals surface area contributed by atoms with Crippen molar-refractivity contribution in [1.29, 1.82) is 0 Å². The van der Waals surface area contributed by atoms with Crippen molar-refractivity contribution in [3.8, 4) is 0 Å². The third kappa shape index (κ3) is 10.3. The molecular weight excluding hydrogens is 306 g/mol. The number of rotatable bonds is 16. The minimum absolute atomic E-state index is 0.0260. The van der Waals surface area contributed by atoms with Gasteiger partial charge >= 0.3 is 0 Å². The maximum atomic E-state index is 11.9. The summed E-state index contributed by atoms with van der Waals surface area (Å²) in [6.07, 6.45) is 26.2. The first kappa shape index (κ1) is 22.5. The minimum Gasteiger partial charge on any atom is -0.369 e. The second kappa shape index (κ2) is 14.6. The van der Waals surface area contributed by atoms with Crippen molar-refractivity contribution in [2.24, 2.45) is 11.1 Å². The van der Waals surface area contributed by atoms with Gasteiger partial charge in [0.25, 0.3) is 0 Å². The van der Waals surface area contributed by atoms with E-state index < -0.39 is 0 Å². The fourth-order valence-electron chi connectivity index (χ4n) is 4.51. The summed E-state index contributed by atoms with van der Waals surface area (Å²) in [4.78, 5) is 11.9. The molecule has 0 aliphatic heterocycles. The van der Waals surface area contributed by atoms with E-state index in [9.17, 15) is 4.79 Å². The fourth-order valence-corrected chi connectivity index (χ4v) is 4.51. The number of amides is 1. The molecular formula is C23H45NO. The van der Waals surface area contributed by atoms with Gasteiger partial charge < -0.3 is 5.73 Å². The van der Waals surface area contributed by atoms with Gasteiger partial charge in [-0.2, -0.15) is 0 Å². The Hall–Kier alpha value is -0.530. The van der Waals surface area contributed by atoms with E-state index in [0.29, 0.717) is 0 Å². The molecule has 25 heavy (non-hydrogen) atoms. The maximum Gasteiger partial charge on any atom is 0.223 e. The van der Waals surface area contributed by atoms with Crippen LogP contribution in [0.25, 0.3) is 0 Å². The number of hydrogen-bond acceptors (Lipinski definition) is 1. The molecule has 2 nitrogen and oxygen atoms in total. The van der Waals surface area contributed by atoms with E-state index in [1.54, 1.807) is 0 Å². The van der Waals surface area contributed by atoms with Crippen LogP contribution < -0.4 is 5.73 Å². The molecule has 0 saturated heterocycles. The van der Waals surface area contributed by atoms with Crippen LogP contribution in [-0.4, -0.2) is 5.91 Å². The molecule has 2 heteroatoms. The zero-order valence-corrected chi connectivity index (χ0v) is 17.1. The first-order valence-corrected chi connectivity index (χ1v) is 11.5. The molecule has 1 saturated carbocycles. The van der Waals surface area contributed by atoms with Crippen LogP contribution in [0.5, 0.6) is 0 Å². The molecule has 1 aliphatic carbocycles. The Morgan fingerprint density at radius 3 is 1.48 bits per heavy atom. The zero-order chi connectivity index (χ0) is 18.2. The molecule has 0 unspecified atom stereocenters. The van der Waals surface area contributed by atoms with Crippen LogP contribution >= 0.6 is 0 Å². The van der Waals surface area contributed by atoms with Crippen LogP contribution in [0.3, 0.4) is 0 Å². The molecule has 0 bridgehead atoms. The molecule has 2 N–H and O–H groups in total. The molecule has 0 aromatic carbocycles. The molecule has 1 aliphatic rings. The highest BCUT2D eigenvalue weighted by atomic mass is 16.1. The molecule has 1 amide bonds. The molecule has 0 radical (unpaired) electrons. The van der Waals surface area contributed by atoms with Crippen molar-refractivity contribution < 1.29 is 4.79 Å². The molecule has 1 rings (SSSR count). The summed E-state index contributed by atoms with van der Waals surface area (Å²) < 4.78 is 0. The number of carbonyl (C=O) groups excluding carboxylic acids is 1. The Balaban J connectivity index is 1.87. The van der Waals surface area contributed by atoms with Gasteiger partial charge in [-0.15, -0.1) is 0 Å². The summed E-state index contributed by atoms with van der Waals surface area (Å²) >= 11 is 0. The lowest BCUT2D eigenvalue weighted by Crippen LogP contribution is -2.38. The highest BCUT2D eigenvalue weighted by Crippen LogP contribution is 2.40. The number of hydrogen-bond donors (Lipinski definition) is 1. The van der Waals surface area contributed by atoms with Gasteiger partial charge in [-0.05, 0) is 19.3 Å². The van der Waals surface area contributed by atoms with Crippen molar-refractivity contribution in [1.82, 2.24) is 0 Å². The second-order valence-electron chi connectivity index (χ2n) is 8.55. The lowest BCUT2D eigenvalue weighted by atomic mass is 9.70. The maximum absolute atomic E-state index is 11.9. The van der Waals surface area contributed by atoms with Gasteiger partial charge in [-0.25, -0.2) is 0 Å². The number of carbonyl (C=O) groups is 1. The Morgan fingerprint density at radius 2 is 1.08 bits per heavy atom. The van der Waals surface area contributed by atoms with E-state index >= 15 is 0 Å². The van der Waals surface area contributed by atoms with Crippen LogP contribution in [0.2, 0.25) is 0 Å². The van der Waals surface area contributed by atoms with E-state index in [2.05, 4.69) is 6.92 Å². The highest BCUT2D eigenvalue weighted by Gasteiger charge is 2.36. The zero-order valence-electron chi connectivity index (χ0n) is 17.1. The normalized spacial score (nSPS) is 16.8. The van der Waals surface area contributed by atoms with Gasteiger partial charge in [-0.3, -0.25) is 4.79 Å². The highest BCUT2D eigenvalue weighted by molar-refractivity contribution is 5.80. The Bertz CT molecular complexity index is 320. The lowest BCUT2D eigenvalue weighted by molar-refractivity contribution is -0.130. The average molecular weight is 352 g/mol. The first-order chi connectivity index (χ1) is 12.2. The summed E-state index contributed by atoms with van der Waals surface area (Å²) in [5, 5.41) is 0. The fraction of sp³-hybridized carbons (Fsp3) is 0.957. The van der Waals surface area contributed by atoms with Crippen molar-refractivity contribution in [2.45, 2.75) is 135 Å². The Labute approximate surface area is 157 Å². The molecule has 0 spiro atoms. The number of primary amides is 1. The van der Waals surface area contributed by atoms with E-state index in [0.717, 1.165) is 19.3 Å². The predicted octanol–water partition coefficient (Wildman–Crippen LogP) is 7.29. The topological polar surface area (TPSA) is 43.1 Å². The molecule has 0 heterocycles. The van der Waals surface area contributed by atoms with Gasteiger partial charge in [0.2, 0.25) is 5.91 Å². The third-order valence-corrected chi connectivity index (χ3v) is 6.34. The van der Waals surface area contributed by atoms with Crippen molar-refractivity contribution in [3.63, 3.8) is 0 Å². The Kier molecular flexibility index (Phi) is 13.2. The molecule has 0 atom stereocenters. The lowest BCUT2D eigenvalue weighted by Gasteiger charge is -2.34. The average Bonchev–Trinajstić information content (AvgIpc) is 2.62. The quantitative estimate of drug-likeness (QED) is 0.291. The smallest absolute Gasteiger partial charge is 0.223 e. The number of unbranched alkanes of at least 4 members (excludes halogenated alkanes) is 13. The van der Waals surface area contributed by atoms with Crippen LogP contribution in [0.15, 0.2) is 0 Å². The van der Waals surface area contributed by atoms with Crippen molar-refractivity contribution in [2.75, 3.05) is 0 Å². The predicted molar refractivity (Wildman–Crippen MR) is 110 cm³/mol. The van der Waals surface area contributed by atoms with E-state index in [1.807, 2.05) is 0 Å². The van der Waals surface area contributed by atoms with Gasteiger partial charge in [0.15, 0.2) is 0 Å². The van der Waals surface area contributed by atoms with Gasteiger partial charge in [-0.1, -0.05) is 116 Å². The van der Waals surface area contributed by atoms with E-state index in [4.69, 9.17) is 5.73 Å². The van der Waals surface area contributed by atoms with Crippen LogP contribution in [0, 0.1) is 5.41 Å². The summed E-state index contributed by atoms with van der Waals surface area (Å²) in [6, 6.07) is 0. The van der Waals surface area contributed by atoms with Crippen LogP contribution in [0.4, 0.5) is 0 Å². The summed E-state index contributed by atoms with van der Waals surface area (Å²) in [7, 11) is 0. The summed E-state index contributed by atoms with van der Waals surface area (Å²) in [5.74, 6) is -0.0260. The summed E-state index contributed by atoms with van der Waals surface area (Å²) in [5.41, 5.74) is 5.57. The third-order valence-electron chi connectivity index (χ3n) is 6.34. The molecule has 0 aromatic rings. The van der Waals surface area contributed by atoms with E-state index in [-0.39, 0.29) is 11.3 Å². The summed E-state index contributed by atoms with van der Waals surface area (Å²) in [6.45, 7) is 2.28. The second-order valence-corrected chi connectivity index (χ2v) is 8.55. The van der Waals surface area contributed by atoms with E-state index in [1.165, 1.54) is 109 Å². The van der Waals surface area contributed by atoms with Crippen molar-refractivity contribution in [3.05, 3.63) is 0 Å².